The minimum atomic E-state index is -0.503. The Morgan fingerprint density at radius 1 is 1.13 bits per heavy atom. The standard InChI is InChI=1S/C33H52FN7O4/c1-9-41(24(4)5)32(42)26-17-25(34)12-13-28(26)45-31-30(35-22-36-37-31)39-16-14-33(19-39)20-40(21-33)27(23(2)3)11-10-15-38(6)18-29(43-7)44-8/h12-13,17,22-24,27,29H,9-11,14-16,18-21H2,1-8H3/t27-/m1/s1. The fourth-order valence-electron chi connectivity index (χ4n) is 6.82. The summed E-state index contributed by atoms with van der Waals surface area (Å²) in [5.41, 5.74) is 0.337. The molecule has 2 saturated heterocycles. The molecule has 11 nitrogen and oxygen atoms in total. The highest BCUT2D eigenvalue weighted by Gasteiger charge is 2.50. The van der Waals surface area contributed by atoms with Crippen molar-refractivity contribution in [2.45, 2.75) is 72.3 Å². The molecule has 1 spiro atoms. The number of amides is 1. The van der Waals surface area contributed by atoms with Crippen molar-refractivity contribution in [2.75, 3.05) is 72.0 Å². The summed E-state index contributed by atoms with van der Waals surface area (Å²) in [5, 5.41) is 8.22. The summed E-state index contributed by atoms with van der Waals surface area (Å²) in [4.78, 5) is 26.7. The number of halogens is 1. The number of rotatable bonds is 16. The van der Waals surface area contributed by atoms with Gasteiger partial charge >= 0.3 is 0 Å². The van der Waals surface area contributed by atoms with Crippen LogP contribution in [0, 0.1) is 17.2 Å². The number of methoxy groups -OCH3 is 2. The third-order valence-electron chi connectivity index (χ3n) is 9.25. The molecule has 45 heavy (non-hydrogen) atoms. The zero-order valence-electron chi connectivity index (χ0n) is 28.3. The number of carbonyl (C=O) groups is 1. The number of likely N-dealkylation sites (tertiary alicyclic amines) is 1. The molecule has 2 fully saturated rings. The first-order valence-corrected chi connectivity index (χ1v) is 16.2. The van der Waals surface area contributed by atoms with Gasteiger partial charge in [-0.3, -0.25) is 9.69 Å². The Morgan fingerprint density at radius 3 is 2.51 bits per heavy atom. The highest BCUT2D eigenvalue weighted by atomic mass is 19.1. The van der Waals surface area contributed by atoms with E-state index in [1.807, 2.05) is 20.8 Å². The summed E-state index contributed by atoms with van der Waals surface area (Å²) in [6.07, 6.45) is 4.52. The minimum Gasteiger partial charge on any atom is -0.434 e. The van der Waals surface area contributed by atoms with Gasteiger partial charge in [-0.15, -0.1) is 10.2 Å². The van der Waals surface area contributed by atoms with Gasteiger partial charge in [0, 0.05) is 71.0 Å². The third kappa shape index (κ3) is 8.46. The molecule has 1 aromatic carbocycles. The van der Waals surface area contributed by atoms with Gasteiger partial charge in [-0.2, -0.15) is 0 Å². The van der Waals surface area contributed by atoms with E-state index in [1.54, 1.807) is 19.1 Å². The molecule has 0 aliphatic carbocycles. The van der Waals surface area contributed by atoms with Crippen LogP contribution in [0.5, 0.6) is 11.6 Å². The SMILES string of the molecule is CCN(C(=O)c1cc(F)ccc1Oc1nncnc1N1CCC2(C1)CN([C@H](CCCN(C)CC(OC)OC)C(C)C)C2)C(C)C. The summed E-state index contributed by atoms with van der Waals surface area (Å²) in [6, 6.07) is 4.47. The second-order valence-corrected chi connectivity index (χ2v) is 13.2. The van der Waals surface area contributed by atoms with Crippen molar-refractivity contribution in [3.63, 3.8) is 0 Å². The number of anilines is 1. The molecular weight excluding hydrogens is 577 g/mol. The zero-order chi connectivity index (χ0) is 32.7. The van der Waals surface area contributed by atoms with E-state index in [9.17, 15) is 9.18 Å². The van der Waals surface area contributed by atoms with E-state index in [0.29, 0.717) is 24.3 Å². The summed E-state index contributed by atoms with van der Waals surface area (Å²) in [7, 11) is 5.46. The minimum absolute atomic E-state index is 0.0450. The first-order chi connectivity index (χ1) is 21.5. The lowest BCUT2D eigenvalue weighted by molar-refractivity contribution is -0.113. The van der Waals surface area contributed by atoms with Crippen molar-refractivity contribution in [3.8, 4) is 11.6 Å². The molecule has 4 rings (SSSR count). The number of benzene rings is 1. The second kappa shape index (κ2) is 15.6. The molecule has 2 aliphatic heterocycles. The Hall–Kier alpha value is -2.93. The maximum absolute atomic E-state index is 14.3. The average molecular weight is 630 g/mol. The largest absolute Gasteiger partial charge is 0.434 e. The maximum atomic E-state index is 14.3. The van der Waals surface area contributed by atoms with Crippen LogP contribution >= 0.6 is 0 Å². The number of carbonyl (C=O) groups excluding carboxylic acids is 1. The van der Waals surface area contributed by atoms with Crippen LogP contribution in [-0.2, 0) is 9.47 Å². The molecule has 1 amide bonds. The van der Waals surface area contributed by atoms with Crippen LogP contribution in [0.4, 0.5) is 10.2 Å². The van der Waals surface area contributed by atoms with Gasteiger partial charge in [0.15, 0.2) is 12.1 Å². The maximum Gasteiger partial charge on any atom is 0.282 e. The van der Waals surface area contributed by atoms with Gasteiger partial charge in [0.2, 0.25) is 0 Å². The molecule has 2 aromatic rings. The van der Waals surface area contributed by atoms with Crippen LogP contribution in [-0.4, -0.2) is 121 Å². The lowest BCUT2D eigenvalue weighted by Gasteiger charge is -2.53. The molecular formula is C33H52FN7O4. The van der Waals surface area contributed by atoms with E-state index in [4.69, 9.17) is 14.2 Å². The van der Waals surface area contributed by atoms with Gasteiger partial charge in [-0.1, -0.05) is 13.8 Å². The lowest BCUT2D eigenvalue weighted by Crippen LogP contribution is -2.62. The van der Waals surface area contributed by atoms with Crippen LogP contribution in [0.3, 0.4) is 0 Å². The molecule has 2 aliphatic rings. The smallest absolute Gasteiger partial charge is 0.282 e. The highest BCUT2D eigenvalue weighted by Crippen LogP contribution is 2.44. The fraction of sp³-hybridized carbons (Fsp3) is 0.697. The average Bonchev–Trinajstić information content (AvgIpc) is 3.44. The van der Waals surface area contributed by atoms with Crippen LogP contribution in [0.25, 0.3) is 0 Å². The van der Waals surface area contributed by atoms with Crippen LogP contribution in [0.15, 0.2) is 24.5 Å². The van der Waals surface area contributed by atoms with E-state index < -0.39 is 5.82 Å². The summed E-state index contributed by atoms with van der Waals surface area (Å²) < 4.78 is 31.2. The Labute approximate surface area is 268 Å². The molecule has 12 heteroatoms. The summed E-state index contributed by atoms with van der Waals surface area (Å²) in [6.45, 7) is 16.4. The molecule has 0 saturated carbocycles. The topological polar surface area (TPSA) is 96.4 Å². The number of aromatic nitrogens is 3. The third-order valence-corrected chi connectivity index (χ3v) is 9.25. The lowest BCUT2D eigenvalue weighted by atomic mass is 9.76. The van der Waals surface area contributed by atoms with Crippen molar-refractivity contribution in [2.24, 2.45) is 11.3 Å². The summed E-state index contributed by atoms with van der Waals surface area (Å²) >= 11 is 0. The normalized spacial score (nSPS) is 17.1. The quantitative estimate of drug-likeness (QED) is 0.246. The van der Waals surface area contributed by atoms with Crippen molar-refractivity contribution in [1.29, 1.82) is 0 Å². The van der Waals surface area contributed by atoms with Crippen LogP contribution < -0.4 is 9.64 Å². The first-order valence-electron chi connectivity index (χ1n) is 16.2. The zero-order valence-corrected chi connectivity index (χ0v) is 28.3. The Bertz CT molecular complexity index is 1260. The number of ether oxygens (including phenoxy) is 3. The number of hydrogen-bond acceptors (Lipinski definition) is 10. The Kier molecular flexibility index (Phi) is 12.1. The van der Waals surface area contributed by atoms with E-state index in [1.165, 1.54) is 24.5 Å². The summed E-state index contributed by atoms with van der Waals surface area (Å²) in [5.74, 6) is 0.805. The van der Waals surface area contributed by atoms with Gasteiger partial charge in [0.25, 0.3) is 11.8 Å². The molecule has 1 aromatic heterocycles. The molecule has 250 valence electrons. The predicted molar refractivity (Wildman–Crippen MR) is 172 cm³/mol. The molecule has 3 heterocycles. The van der Waals surface area contributed by atoms with E-state index in [0.717, 1.165) is 58.5 Å². The molecule has 1 atom stereocenters. The van der Waals surface area contributed by atoms with Crippen molar-refractivity contribution in [3.05, 3.63) is 35.9 Å². The fourth-order valence-corrected chi connectivity index (χ4v) is 6.82. The van der Waals surface area contributed by atoms with Crippen molar-refractivity contribution in [1.82, 2.24) is 29.9 Å². The number of nitrogens with zero attached hydrogens (tertiary/aromatic N) is 7. The van der Waals surface area contributed by atoms with Gasteiger partial charge in [0.05, 0.1) is 5.56 Å². The molecule has 0 unspecified atom stereocenters. The highest BCUT2D eigenvalue weighted by molar-refractivity contribution is 5.97. The van der Waals surface area contributed by atoms with Crippen LogP contribution in [0.1, 0.15) is 64.2 Å². The molecule has 0 radical (unpaired) electrons. The van der Waals surface area contributed by atoms with E-state index >= 15 is 0 Å². The van der Waals surface area contributed by atoms with Crippen molar-refractivity contribution < 1.29 is 23.4 Å². The number of hydrogen-bond donors (Lipinski definition) is 0. The monoisotopic (exact) mass is 629 g/mol. The first kappa shape index (κ1) is 34.9. The van der Waals surface area contributed by atoms with Crippen molar-refractivity contribution >= 4 is 11.7 Å². The Morgan fingerprint density at radius 2 is 1.87 bits per heavy atom. The van der Waals surface area contributed by atoms with E-state index in [2.05, 4.69) is 50.8 Å². The molecule has 0 bridgehead atoms. The van der Waals surface area contributed by atoms with Gasteiger partial charge in [0.1, 0.15) is 17.9 Å². The Balaban J connectivity index is 1.39. The second-order valence-electron chi connectivity index (χ2n) is 13.2. The van der Waals surface area contributed by atoms with Crippen LogP contribution in [0.2, 0.25) is 0 Å². The van der Waals surface area contributed by atoms with Gasteiger partial charge < -0.3 is 28.9 Å². The van der Waals surface area contributed by atoms with Gasteiger partial charge in [-0.05, 0) is 77.7 Å². The predicted octanol–water partition coefficient (Wildman–Crippen LogP) is 4.54. The van der Waals surface area contributed by atoms with E-state index in [-0.39, 0.29) is 40.8 Å². The number of likely N-dealkylation sites (N-methyl/N-ethyl adjacent to an activating group) is 1. The molecule has 0 N–H and O–H groups in total. The van der Waals surface area contributed by atoms with Gasteiger partial charge in [-0.25, -0.2) is 9.37 Å².